The van der Waals surface area contributed by atoms with Gasteiger partial charge in [0.25, 0.3) is 5.91 Å². The first kappa shape index (κ1) is 19.6. The third-order valence-corrected chi connectivity index (χ3v) is 5.07. The van der Waals surface area contributed by atoms with Crippen molar-refractivity contribution in [3.63, 3.8) is 0 Å². The summed E-state index contributed by atoms with van der Waals surface area (Å²) >= 11 is 6.39. The van der Waals surface area contributed by atoms with Gasteiger partial charge >= 0.3 is 0 Å². The van der Waals surface area contributed by atoms with E-state index >= 15 is 0 Å². The Hall–Kier alpha value is -2.20. The molecular formula is C22H27ClN2O2. The third-order valence-electron chi connectivity index (χ3n) is 4.77. The molecule has 144 valence electrons. The first-order valence-corrected chi connectivity index (χ1v) is 9.78. The summed E-state index contributed by atoms with van der Waals surface area (Å²) in [6, 6.07) is 13.5. The van der Waals surface area contributed by atoms with Crippen molar-refractivity contribution in [2.45, 2.75) is 39.0 Å². The number of hydrogen-bond donors (Lipinski definition) is 1. The van der Waals surface area contributed by atoms with Gasteiger partial charge in [0, 0.05) is 18.8 Å². The molecule has 1 fully saturated rings. The molecule has 2 aromatic rings. The van der Waals surface area contributed by atoms with Gasteiger partial charge in [0.05, 0.1) is 10.7 Å². The topological polar surface area (TPSA) is 41.6 Å². The number of rotatable bonds is 5. The van der Waals surface area contributed by atoms with E-state index in [1.54, 1.807) is 6.07 Å². The molecule has 1 saturated heterocycles. The number of benzene rings is 2. The number of anilines is 2. The molecule has 0 atom stereocenters. The van der Waals surface area contributed by atoms with E-state index in [0.717, 1.165) is 18.8 Å². The second kappa shape index (κ2) is 8.22. The highest BCUT2D eigenvalue weighted by Gasteiger charge is 2.16. The normalized spacial score (nSPS) is 14.3. The lowest BCUT2D eigenvalue weighted by atomic mass is 9.87. The van der Waals surface area contributed by atoms with E-state index in [9.17, 15) is 4.79 Å². The van der Waals surface area contributed by atoms with Crippen molar-refractivity contribution >= 4 is 28.9 Å². The number of carbonyl (C=O) groups excluding carboxylic acids is 1. The molecule has 0 aliphatic carbocycles. The van der Waals surface area contributed by atoms with Crippen molar-refractivity contribution in [3.05, 3.63) is 53.1 Å². The van der Waals surface area contributed by atoms with Crippen molar-refractivity contribution in [1.29, 1.82) is 0 Å². The molecule has 27 heavy (non-hydrogen) atoms. The van der Waals surface area contributed by atoms with Crippen LogP contribution in [0, 0.1) is 0 Å². The molecule has 1 heterocycles. The predicted octanol–water partition coefficient (Wildman–Crippen LogP) is 5.26. The van der Waals surface area contributed by atoms with Gasteiger partial charge in [0.2, 0.25) is 0 Å². The van der Waals surface area contributed by atoms with Crippen LogP contribution < -0.4 is 15.0 Å². The van der Waals surface area contributed by atoms with Crippen LogP contribution in [0.15, 0.2) is 42.5 Å². The highest BCUT2D eigenvalue weighted by Crippen LogP contribution is 2.31. The maximum absolute atomic E-state index is 12.2. The molecule has 1 N–H and O–H groups in total. The van der Waals surface area contributed by atoms with Crippen molar-refractivity contribution < 1.29 is 9.53 Å². The smallest absolute Gasteiger partial charge is 0.262 e. The Bertz CT molecular complexity index is 791. The molecule has 1 aliphatic rings. The minimum atomic E-state index is -0.208. The first-order valence-electron chi connectivity index (χ1n) is 9.40. The Morgan fingerprint density at radius 2 is 1.78 bits per heavy atom. The lowest BCUT2D eigenvalue weighted by Gasteiger charge is -2.20. The summed E-state index contributed by atoms with van der Waals surface area (Å²) in [5, 5.41) is 3.50. The van der Waals surface area contributed by atoms with Gasteiger partial charge in [-0.1, -0.05) is 44.5 Å². The van der Waals surface area contributed by atoms with Crippen LogP contribution in [0.25, 0.3) is 0 Å². The number of hydrogen-bond acceptors (Lipinski definition) is 3. The van der Waals surface area contributed by atoms with Gasteiger partial charge in [0.1, 0.15) is 5.75 Å². The van der Waals surface area contributed by atoms with E-state index in [2.05, 4.69) is 31.0 Å². The highest BCUT2D eigenvalue weighted by molar-refractivity contribution is 6.33. The number of amides is 1. The van der Waals surface area contributed by atoms with Gasteiger partial charge in [-0.3, -0.25) is 4.79 Å². The van der Waals surface area contributed by atoms with Crippen LogP contribution in [-0.2, 0) is 10.2 Å². The van der Waals surface area contributed by atoms with E-state index in [0.29, 0.717) is 16.5 Å². The largest absolute Gasteiger partial charge is 0.484 e. The number of carbonyl (C=O) groups is 1. The Morgan fingerprint density at radius 1 is 1.11 bits per heavy atom. The standard InChI is InChI=1S/C22H27ClN2O2/c1-22(2,3)16-6-9-18(10-7-16)27-15-21(26)24-17-8-11-20(19(23)14-17)25-12-4-5-13-25/h6-11,14H,4-5,12-13,15H2,1-3H3,(H,24,26). The Labute approximate surface area is 166 Å². The summed E-state index contributed by atoms with van der Waals surface area (Å²) < 4.78 is 5.59. The summed E-state index contributed by atoms with van der Waals surface area (Å²) in [6.45, 7) is 8.52. The Morgan fingerprint density at radius 3 is 2.37 bits per heavy atom. The second-order valence-corrected chi connectivity index (χ2v) is 8.38. The van der Waals surface area contributed by atoms with Crippen molar-refractivity contribution in [2.24, 2.45) is 0 Å². The van der Waals surface area contributed by atoms with Gasteiger partial charge in [-0.25, -0.2) is 0 Å². The molecule has 0 radical (unpaired) electrons. The van der Waals surface area contributed by atoms with Crippen molar-refractivity contribution in [3.8, 4) is 5.75 Å². The van der Waals surface area contributed by atoms with Crippen LogP contribution in [0.2, 0.25) is 5.02 Å². The number of nitrogens with one attached hydrogen (secondary N) is 1. The Balaban J connectivity index is 1.54. The molecule has 0 unspecified atom stereocenters. The Kier molecular flexibility index (Phi) is 5.95. The van der Waals surface area contributed by atoms with Gasteiger partial charge in [-0.05, 0) is 54.2 Å². The molecule has 4 nitrogen and oxygen atoms in total. The summed E-state index contributed by atoms with van der Waals surface area (Å²) in [7, 11) is 0. The number of nitrogens with zero attached hydrogens (tertiary/aromatic N) is 1. The summed E-state index contributed by atoms with van der Waals surface area (Å²) in [4.78, 5) is 14.5. The monoisotopic (exact) mass is 386 g/mol. The van der Waals surface area contributed by atoms with Gasteiger partial charge in [-0.2, -0.15) is 0 Å². The minimum absolute atomic E-state index is 0.0413. The molecule has 1 aliphatic heterocycles. The van der Waals surface area contributed by atoms with Crippen molar-refractivity contribution in [1.82, 2.24) is 0 Å². The quantitative estimate of drug-likeness (QED) is 0.762. The van der Waals surface area contributed by atoms with Crippen LogP contribution in [0.1, 0.15) is 39.2 Å². The van der Waals surface area contributed by atoms with E-state index in [-0.39, 0.29) is 17.9 Å². The first-order chi connectivity index (χ1) is 12.8. The SMILES string of the molecule is CC(C)(C)c1ccc(OCC(=O)Nc2ccc(N3CCCC3)c(Cl)c2)cc1. The summed E-state index contributed by atoms with van der Waals surface area (Å²) in [6.07, 6.45) is 2.39. The molecular weight excluding hydrogens is 360 g/mol. The zero-order valence-electron chi connectivity index (χ0n) is 16.2. The van der Waals surface area contributed by atoms with Crippen LogP contribution in [0.4, 0.5) is 11.4 Å². The predicted molar refractivity (Wildman–Crippen MR) is 112 cm³/mol. The van der Waals surface area contributed by atoms with E-state index < -0.39 is 0 Å². The average Bonchev–Trinajstić information content (AvgIpc) is 3.14. The molecule has 0 bridgehead atoms. The maximum Gasteiger partial charge on any atom is 0.262 e. The average molecular weight is 387 g/mol. The van der Waals surface area contributed by atoms with E-state index in [1.807, 2.05) is 36.4 Å². The van der Waals surface area contributed by atoms with Crippen LogP contribution in [-0.4, -0.2) is 25.6 Å². The molecule has 2 aromatic carbocycles. The molecule has 0 aromatic heterocycles. The van der Waals surface area contributed by atoms with Crippen LogP contribution in [0.3, 0.4) is 0 Å². The van der Waals surface area contributed by atoms with Gasteiger partial charge in [0.15, 0.2) is 6.61 Å². The van der Waals surface area contributed by atoms with Gasteiger partial charge < -0.3 is 15.0 Å². The molecule has 0 spiro atoms. The third kappa shape index (κ3) is 5.16. The fourth-order valence-corrected chi connectivity index (χ4v) is 3.50. The van der Waals surface area contributed by atoms with Crippen molar-refractivity contribution in [2.75, 3.05) is 29.9 Å². The zero-order chi connectivity index (χ0) is 19.4. The lowest BCUT2D eigenvalue weighted by molar-refractivity contribution is -0.118. The van der Waals surface area contributed by atoms with Crippen LogP contribution in [0.5, 0.6) is 5.75 Å². The second-order valence-electron chi connectivity index (χ2n) is 7.97. The highest BCUT2D eigenvalue weighted by atomic mass is 35.5. The van der Waals surface area contributed by atoms with E-state index in [4.69, 9.17) is 16.3 Å². The number of halogens is 1. The summed E-state index contributed by atoms with van der Waals surface area (Å²) in [5.41, 5.74) is 3.03. The zero-order valence-corrected chi connectivity index (χ0v) is 17.0. The van der Waals surface area contributed by atoms with Crippen LogP contribution >= 0.6 is 11.6 Å². The lowest BCUT2D eigenvalue weighted by Crippen LogP contribution is -2.21. The van der Waals surface area contributed by atoms with E-state index in [1.165, 1.54) is 18.4 Å². The molecule has 5 heteroatoms. The van der Waals surface area contributed by atoms with Gasteiger partial charge in [-0.15, -0.1) is 0 Å². The maximum atomic E-state index is 12.2. The molecule has 0 saturated carbocycles. The molecule has 3 rings (SSSR count). The fraction of sp³-hybridized carbons (Fsp3) is 0.409. The molecule has 1 amide bonds. The minimum Gasteiger partial charge on any atom is -0.484 e. The summed E-state index contributed by atoms with van der Waals surface area (Å²) in [5.74, 6) is 0.473. The fourth-order valence-electron chi connectivity index (χ4n) is 3.20. The number of ether oxygens (including phenoxy) is 1.